The van der Waals surface area contributed by atoms with Crippen LogP contribution in [0.2, 0.25) is 0 Å². The van der Waals surface area contributed by atoms with Crippen LogP contribution in [0, 0.1) is 5.92 Å². The number of urea groups is 1. The first-order valence-corrected chi connectivity index (χ1v) is 30.8. The molecule has 8 unspecified atom stereocenters. The number of aliphatic hydroxyl groups excluding tert-OH is 3. The van der Waals surface area contributed by atoms with E-state index in [1.165, 1.54) is 29.2 Å². The molecule has 0 saturated carbocycles. The number of aromatic amines is 1. The standard InChI is InChI=1S/C64H69ClN10O17S/c1-32(2)51(73-48(76)12-4-3-7-24-74-49(77)28-47(93)60(74)85)58(83)72-43(11-8-23-67-63(66)88)57(82)68-37-17-13-33(14-18-37)31-90-64(89)70-38-19-15-34(16-20-38)56(81)69-39-21-22-42-35(25-39)26-44(71-42)59(84)75-30-36(29-65)50-41-10-6-5-9-40(41)46(27-45(50)75)91-62-54(80)52(78)53(79)55(92-62)61(86)87/h5-6,9-10,13-22,25-28,32,36,43,51-55,62,71,78-80,93H,3-4,7-8,11-12,23-24,29-31H2,1-2H3,(H,68,82)(H,69,81)(H,70,89)(H,72,83)(H,73,76)(H,86,87)(H3,66,67,88). The number of carbonyl (C=O) groups excluding carboxylic acids is 9. The topological polar surface area (TPSA) is 400 Å². The third kappa shape index (κ3) is 16.4. The summed E-state index contributed by atoms with van der Waals surface area (Å²) in [5.41, 5.74) is 9.05. The van der Waals surface area contributed by atoms with Gasteiger partial charge in [0, 0.05) is 88.9 Å². The summed E-state index contributed by atoms with van der Waals surface area (Å²) in [6.45, 7) is 3.79. The van der Waals surface area contributed by atoms with Gasteiger partial charge in [0.1, 0.15) is 48.4 Å². The van der Waals surface area contributed by atoms with Gasteiger partial charge in [0.2, 0.25) is 24.0 Å². The molecule has 5 aromatic carbocycles. The number of carbonyl (C=O) groups is 10. The molecule has 3 aliphatic rings. The highest BCUT2D eigenvalue weighted by Gasteiger charge is 2.49. The second kappa shape index (κ2) is 30.2. The van der Waals surface area contributed by atoms with E-state index in [9.17, 15) is 68.4 Å². The van der Waals surface area contributed by atoms with Crippen molar-refractivity contribution in [2.24, 2.45) is 11.7 Å². The van der Waals surface area contributed by atoms with Gasteiger partial charge < -0.3 is 76.8 Å². The van der Waals surface area contributed by atoms with Crippen molar-refractivity contribution in [2.45, 2.75) is 108 Å². The zero-order chi connectivity index (χ0) is 66.8. The first-order valence-electron chi connectivity index (χ1n) is 29.8. The number of nitrogens with two attached hydrogens (primary N) is 1. The lowest BCUT2D eigenvalue weighted by molar-refractivity contribution is -0.270. The van der Waals surface area contributed by atoms with Crippen LogP contribution in [-0.4, -0.2) is 158 Å². The van der Waals surface area contributed by atoms with Gasteiger partial charge in [0.15, 0.2) is 6.10 Å². The molecule has 490 valence electrons. The molecule has 93 heavy (non-hydrogen) atoms. The molecule has 1 aromatic heterocycles. The molecule has 0 bridgehead atoms. The number of carboxylic acid groups (broad SMARTS) is 1. The lowest BCUT2D eigenvalue weighted by atomic mass is 9.95. The van der Waals surface area contributed by atoms with Crippen molar-refractivity contribution < 1.29 is 82.6 Å². The number of halogens is 1. The molecule has 10 amide bonds. The Labute approximate surface area is 542 Å². The first kappa shape index (κ1) is 67.8. The smallest absolute Gasteiger partial charge is 0.411 e. The highest BCUT2D eigenvalue weighted by atomic mass is 35.5. The van der Waals surface area contributed by atoms with Crippen LogP contribution in [0.25, 0.3) is 21.7 Å². The molecule has 3 aliphatic heterocycles. The number of aromatic nitrogens is 1. The van der Waals surface area contributed by atoms with Gasteiger partial charge in [-0.15, -0.1) is 24.2 Å². The number of hydrogen-bond acceptors (Lipinski definition) is 17. The number of alkyl halides is 1. The molecule has 1 saturated heterocycles. The fourth-order valence-corrected chi connectivity index (χ4v) is 11.4. The lowest BCUT2D eigenvalue weighted by Gasteiger charge is -2.38. The maximum Gasteiger partial charge on any atom is 0.411 e. The minimum absolute atomic E-state index is 0.0730. The van der Waals surface area contributed by atoms with Crippen LogP contribution in [0.4, 0.5) is 32.3 Å². The van der Waals surface area contributed by atoms with Gasteiger partial charge in [-0.1, -0.05) is 56.7 Å². The molecule has 27 nitrogen and oxygen atoms in total. The number of thiol groups is 1. The van der Waals surface area contributed by atoms with Crippen molar-refractivity contribution in [1.82, 2.24) is 25.8 Å². The molecular weight excluding hydrogens is 1250 g/mol. The van der Waals surface area contributed by atoms with E-state index in [2.05, 4.69) is 49.5 Å². The Bertz CT molecular complexity index is 3890. The van der Waals surface area contributed by atoms with E-state index < -0.39 is 102 Å². The molecule has 1 fully saturated rings. The van der Waals surface area contributed by atoms with E-state index in [-0.39, 0.29) is 85.1 Å². The highest BCUT2D eigenvalue weighted by Crippen LogP contribution is 2.47. The van der Waals surface area contributed by atoms with Crippen LogP contribution in [0.1, 0.15) is 90.3 Å². The summed E-state index contributed by atoms with van der Waals surface area (Å²) in [5, 5.41) is 59.1. The molecule has 29 heteroatoms. The number of benzene rings is 5. The summed E-state index contributed by atoms with van der Waals surface area (Å²) in [5.74, 6) is -5.43. The van der Waals surface area contributed by atoms with Gasteiger partial charge >= 0.3 is 18.1 Å². The van der Waals surface area contributed by atoms with Gasteiger partial charge in [0.25, 0.3) is 23.6 Å². The van der Waals surface area contributed by atoms with Gasteiger partial charge in [-0.25, -0.2) is 14.4 Å². The number of rotatable bonds is 26. The molecule has 9 rings (SSSR count). The van der Waals surface area contributed by atoms with Crippen molar-refractivity contribution in [2.75, 3.05) is 46.4 Å². The summed E-state index contributed by atoms with van der Waals surface area (Å²) in [6.07, 6.45) is -7.09. The summed E-state index contributed by atoms with van der Waals surface area (Å²) in [6, 6.07) is 24.8. The number of primary amides is 1. The van der Waals surface area contributed by atoms with Crippen molar-refractivity contribution in [3.8, 4) is 5.75 Å². The number of anilines is 4. The second-order valence-electron chi connectivity index (χ2n) is 22.8. The molecule has 0 spiro atoms. The largest absolute Gasteiger partial charge is 0.479 e. The van der Waals surface area contributed by atoms with Gasteiger partial charge in [-0.3, -0.25) is 43.8 Å². The molecule has 0 radical (unpaired) electrons. The number of H-pyrrole nitrogens is 1. The average molecular weight is 1320 g/mol. The fourth-order valence-electron chi connectivity index (χ4n) is 11.0. The number of imide groups is 1. The molecule has 13 N–H and O–H groups in total. The fraction of sp³-hybridized carbons (Fsp3) is 0.344. The number of unbranched alkanes of at least 4 members (excludes halogenated alkanes) is 2. The van der Waals surface area contributed by atoms with Crippen molar-refractivity contribution in [1.29, 1.82) is 0 Å². The Hall–Kier alpha value is -9.58. The third-order valence-electron chi connectivity index (χ3n) is 15.9. The normalized spacial score (nSPS) is 19.1. The predicted molar refractivity (Wildman–Crippen MR) is 343 cm³/mol. The van der Waals surface area contributed by atoms with Crippen LogP contribution in [0.5, 0.6) is 5.75 Å². The molecule has 4 heterocycles. The molecule has 8 atom stereocenters. The lowest BCUT2D eigenvalue weighted by Crippen LogP contribution is -2.61. The number of hydrogen-bond donors (Lipinski definition) is 13. The van der Waals surface area contributed by atoms with E-state index in [4.69, 9.17) is 31.5 Å². The van der Waals surface area contributed by atoms with Crippen LogP contribution >= 0.6 is 24.2 Å². The van der Waals surface area contributed by atoms with Gasteiger partial charge in [-0.05, 0) is 109 Å². The Kier molecular flexibility index (Phi) is 22.0. The van der Waals surface area contributed by atoms with E-state index in [0.29, 0.717) is 69.3 Å². The summed E-state index contributed by atoms with van der Waals surface area (Å²) >= 11 is 10.5. The van der Waals surface area contributed by atoms with Crippen LogP contribution in [0.3, 0.4) is 0 Å². The van der Waals surface area contributed by atoms with E-state index >= 15 is 0 Å². The van der Waals surface area contributed by atoms with E-state index in [1.54, 1.807) is 86.6 Å². The van der Waals surface area contributed by atoms with E-state index in [1.807, 2.05) is 6.07 Å². The maximum absolute atomic E-state index is 14.5. The number of carboxylic acids is 1. The molecule has 0 aliphatic carbocycles. The summed E-state index contributed by atoms with van der Waals surface area (Å²) in [4.78, 5) is 134. The van der Waals surface area contributed by atoms with Crippen LogP contribution < -0.4 is 47.3 Å². The number of aliphatic carboxylic acids is 1. The first-order chi connectivity index (χ1) is 44.5. The quantitative estimate of drug-likeness (QED) is 0.0141. The van der Waals surface area contributed by atoms with E-state index in [0.717, 1.165) is 16.5 Å². The summed E-state index contributed by atoms with van der Waals surface area (Å²) < 4.78 is 16.9. The minimum atomic E-state index is -1.93. The summed E-state index contributed by atoms with van der Waals surface area (Å²) in [7, 11) is 0. The Morgan fingerprint density at radius 1 is 0.796 bits per heavy atom. The maximum atomic E-state index is 14.5. The van der Waals surface area contributed by atoms with Gasteiger partial charge in [0.05, 0.1) is 10.6 Å². The second-order valence-corrected chi connectivity index (χ2v) is 23.6. The number of nitrogens with zero attached hydrogens (tertiary/aromatic N) is 2. The number of aliphatic hydroxyl groups is 3. The zero-order valence-corrected chi connectivity index (χ0v) is 51.9. The van der Waals surface area contributed by atoms with Crippen molar-refractivity contribution in [3.05, 3.63) is 136 Å². The Balaban J connectivity index is 0.752. The van der Waals surface area contributed by atoms with Crippen LogP contribution in [0.15, 0.2) is 114 Å². The number of nitrogens with one attached hydrogen (secondary N) is 7. The molecule has 6 aromatic rings. The number of amides is 10. The van der Waals surface area contributed by atoms with Crippen molar-refractivity contribution >= 4 is 128 Å². The zero-order valence-electron chi connectivity index (χ0n) is 50.3. The number of fused-ring (bicyclic) bond motifs is 4. The van der Waals surface area contributed by atoms with Crippen LogP contribution in [-0.2, 0) is 44.8 Å². The number of ether oxygens (including phenoxy) is 3. The predicted octanol–water partition coefficient (Wildman–Crippen LogP) is 5.33. The third-order valence-corrected chi connectivity index (χ3v) is 16.5. The highest BCUT2D eigenvalue weighted by molar-refractivity contribution is 7.85. The minimum Gasteiger partial charge on any atom is -0.479 e. The Morgan fingerprint density at radius 3 is 2.17 bits per heavy atom. The Morgan fingerprint density at radius 2 is 1.49 bits per heavy atom. The van der Waals surface area contributed by atoms with Gasteiger partial charge in [-0.2, -0.15) is 0 Å². The van der Waals surface area contributed by atoms with Crippen molar-refractivity contribution in [3.63, 3.8) is 0 Å². The molecular formula is C64H69ClN10O17S. The monoisotopic (exact) mass is 1320 g/mol. The SMILES string of the molecule is CC(C)C(NC(=O)CCCCCN1C(=O)C=C(S)C1=O)C(=O)NC(CCCNC(N)=O)C(=O)Nc1ccc(COC(=O)Nc2ccc(C(=O)Nc3ccc4[nH]c(C(=O)N5CC(CCl)c6c5cc(OC5OC(C(=O)O)C(O)C(O)C5O)c5ccccc65)cc4c3)cc2)cc1. The average Bonchev–Trinajstić information content (AvgIpc) is 1.64.